The lowest BCUT2D eigenvalue weighted by molar-refractivity contribution is -0.124. The predicted molar refractivity (Wildman–Crippen MR) is 55.2 cm³/mol. The minimum absolute atomic E-state index is 0.0839. The molecule has 4 heteroatoms. The van der Waals surface area contributed by atoms with E-state index in [-0.39, 0.29) is 12.5 Å². The summed E-state index contributed by atoms with van der Waals surface area (Å²) in [7, 11) is 1.49. The summed E-state index contributed by atoms with van der Waals surface area (Å²) >= 11 is 5.78. The summed E-state index contributed by atoms with van der Waals surface area (Å²) in [6.07, 6.45) is 0. The number of rotatable bonds is 4. The summed E-state index contributed by atoms with van der Waals surface area (Å²) in [5, 5.41) is 3.37. The van der Waals surface area contributed by atoms with Crippen molar-refractivity contribution in [1.82, 2.24) is 5.32 Å². The molecule has 1 rings (SSSR count). The zero-order valence-corrected chi connectivity index (χ0v) is 8.67. The normalized spacial score (nSPS) is 9.86. The van der Waals surface area contributed by atoms with Crippen LogP contribution in [-0.4, -0.2) is 19.6 Å². The van der Waals surface area contributed by atoms with Crippen LogP contribution < -0.4 is 5.32 Å². The zero-order valence-electron chi connectivity index (χ0n) is 7.92. The molecule has 3 nitrogen and oxygen atoms in total. The third-order valence-corrected chi connectivity index (χ3v) is 1.89. The van der Waals surface area contributed by atoms with Crippen molar-refractivity contribution in [2.24, 2.45) is 0 Å². The minimum atomic E-state index is -0.132. The van der Waals surface area contributed by atoms with Crippen LogP contribution in [-0.2, 0) is 16.1 Å². The number of halogens is 1. The van der Waals surface area contributed by atoms with Crippen molar-refractivity contribution in [2.45, 2.75) is 6.54 Å². The number of methoxy groups -OCH3 is 1. The number of benzene rings is 1. The SMILES string of the molecule is COCC(=O)NCc1cccc(Cl)c1. The topological polar surface area (TPSA) is 38.3 Å². The smallest absolute Gasteiger partial charge is 0.246 e. The van der Waals surface area contributed by atoms with Crippen molar-refractivity contribution in [1.29, 1.82) is 0 Å². The van der Waals surface area contributed by atoms with E-state index in [4.69, 9.17) is 11.6 Å². The molecule has 0 saturated carbocycles. The van der Waals surface area contributed by atoms with Crippen molar-refractivity contribution >= 4 is 17.5 Å². The highest BCUT2D eigenvalue weighted by Gasteiger charge is 1.99. The van der Waals surface area contributed by atoms with Gasteiger partial charge in [-0.25, -0.2) is 0 Å². The molecule has 1 aromatic rings. The van der Waals surface area contributed by atoms with Crippen LogP contribution in [0.5, 0.6) is 0 Å². The highest BCUT2D eigenvalue weighted by atomic mass is 35.5. The number of ether oxygens (including phenoxy) is 1. The Kier molecular flexibility index (Phi) is 4.43. The molecule has 1 aromatic carbocycles. The van der Waals surface area contributed by atoms with Gasteiger partial charge in [0.15, 0.2) is 0 Å². The van der Waals surface area contributed by atoms with Gasteiger partial charge in [-0.3, -0.25) is 4.79 Å². The Morgan fingerprint density at radius 2 is 2.36 bits per heavy atom. The highest BCUT2D eigenvalue weighted by molar-refractivity contribution is 6.30. The lowest BCUT2D eigenvalue weighted by Gasteiger charge is -2.04. The van der Waals surface area contributed by atoms with Gasteiger partial charge in [0.05, 0.1) is 0 Å². The quantitative estimate of drug-likeness (QED) is 0.825. The Labute approximate surface area is 88.0 Å². The first kappa shape index (κ1) is 11.0. The summed E-state index contributed by atoms with van der Waals surface area (Å²) in [5.74, 6) is -0.132. The van der Waals surface area contributed by atoms with Gasteiger partial charge in [-0.15, -0.1) is 0 Å². The molecule has 0 aliphatic heterocycles. The van der Waals surface area contributed by atoms with Crippen LogP contribution in [0.1, 0.15) is 5.56 Å². The number of nitrogens with one attached hydrogen (secondary N) is 1. The molecular formula is C10H12ClNO2. The van der Waals surface area contributed by atoms with E-state index in [1.165, 1.54) is 7.11 Å². The number of amides is 1. The maximum atomic E-state index is 11.0. The second-order valence-electron chi connectivity index (χ2n) is 2.84. The fourth-order valence-electron chi connectivity index (χ4n) is 1.03. The molecule has 76 valence electrons. The van der Waals surface area contributed by atoms with Crippen molar-refractivity contribution < 1.29 is 9.53 Å². The van der Waals surface area contributed by atoms with E-state index >= 15 is 0 Å². The Balaban J connectivity index is 2.41. The molecule has 0 unspecified atom stereocenters. The lowest BCUT2D eigenvalue weighted by Crippen LogP contribution is -2.26. The molecule has 0 spiro atoms. The van der Waals surface area contributed by atoms with Crippen molar-refractivity contribution in [2.75, 3.05) is 13.7 Å². The van der Waals surface area contributed by atoms with Gasteiger partial charge < -0.3 is 10.1 Å². The second kappa shape index (κ2) is 5.62. The van der Waals surface area contributed by atoms with E-state index in [0.29, 0.717) is 11.6 Å². The summed E-state index contributed by atoms with van der Waals surface area (Å²) in [6.45, 7) is 0.559. The first-order valence-corrected chi connectivity index (χ1v) is 4.60. The first-order valence-electron chi connectivity index (χ1n) is 4.22. The van der Waals surface area contributed by atoms with Gasteiger partial charge in [-0.1, -0.05) is 23.7 Å². The number of carbonyl (C=O) groups excluding carboxylic acids is 1. The van der Waals surface area contributed by atoms with Gasteiger partial charge in [-0.05, 0) is 17.7 Å². The first-order chi connectivity index (χ1) is 6.72. The molecule has 0 saturated heterocycles. The molecule has 1 amide bonds. The molecule has 0 aliphatic carbocycles. The molecule has 1 N–H and O–H groups in total. The number of carbonyl (C=O) groups is 1. The van der Waals surface area contributed by atoms with E-state index in [2.05, 4.69) is 10.1 Å². The van der Waals surface area contributed by atoms with E-state index in [1.807, 2.05) is 18.2 Å². The number of hydrogen-bond acceptors (Lipinski definition) is 2. The van der Waals surface area contributed by atoms with Crippen LogP contribution in [0.15, 0.2) is 24.3 Å². The summed E-state index contributed by atoms with van der Waals surface area (Å²) < 4.78 is 4.68. The maximum Gasteiger partial charge on any atom is 0.246 e. The van der Waals surface area contributed by atoms with E-state index in [0.717, 1.165) is 5.56 Å². The predicted octanol–water partition coefficient (Wildman–Crippen LogP) is 1.60. The second-order valence-corrected chi connectivity index (χ2v) is 3.28. The van der Waals surface area contributed by atoms with Gasteiger partial charge in [0.25, 0.3) is 0 Å². The molecule has 0 bridgehead atoms. The van der Waals surface area contributed by atoms with Crippen LogP contribution in [0.3, 0.4) is 0 Å². The van der Waals surface area contributed by atoms with Gasteiger partial charge >= 0.3 is 0 Å². The van der Waals surface area contributed by atoms with E-state index in [1.54, 1.807) is 6.07 Å². The summed E-state index contributed by atoms with van der Waals surface area (Å²) in [6, 6.07) is 7.36. The van der Waals surface area contributed by atoms with Crippen LogP contribution in [0.4, 0.5) is 0 Å². The van der Waals surface area contributed by atoms with Gasteiger partial charge in [0.2, 0.25) is 5.91 Å². The van der Waals surface area contributed by atoms with Crippen molar-refractivity contribution in [3.63, 3.8) is 0 Å². The van der Waals surface area contributed by atoms with Crippen LogP contribution in [0.2, 0.25) is 5.02 Å². The standard InChI is InChI=1S/C10H12ClNO2/c1-14-7-10(13)12-6-8-3-2-4-9(11)5-8/h2-5H,6-7H2,1H3,(H,12,13). The monoisotopic (exact) mass is 213 g/mol. The molecule has 14 heavy (non-hydrogen) atoms. The molecule has 0 aliphatic rings. The Morgan fingerprint density at radius 1 is 1.57 bits per heavy atom. The van der Waals surface area contributed by atoms with Crippen molar-refractivity contribution in [3.05, 3.63) is 34.9 Å². The molecule has 0 radical (unpaired) electrons. The van der Waals surface area contributed by atoms with Gasteiger partial charge in [0.1, 0.15) is 6.61 Å². The molecule has 0 atom stereocenters. The lowest BCUT2D eigenvalue weighted by atomic mass is 10.2. The molecule has 0 fully saturated rings. The molecule has 0 aromatic heterocycles. The third-order valence-electron chi connectivity index (χ3n) is 1.65. The molecular weight excluding hydrogens is 202 g/mol. The van der Waals surface area contributed by atoms with Gasteiger partial charge in [-0.2, -0.15) is 0 Å². The fraction of sp³-hybridized carbons (Fsp3) is 0.300. The van der Waals surface area contributed by atoms with E-state index in [9.17, 15) is 4.79 Å². The Hall–Kier alpha value is -1.06. The van der Waals surface area contributed by atoms with E-state index < -0.39 is 0 Å². The summed E-state index contributed by atoms with van der Waals surface area (Å²) in [5.41, 5.74) is 0.974. The minimum Gasteiger partial charge on any atom is -0.375 e. The Morgan fingerprint density at radius 3 is 3.00 bits per heavy atom. The van der Waals surface area contributed by atoms with Crippen LogP contribution >= 0.6 is 11.6 Å². The Bertz CT molecular complexity index is 315. The molecule has 0 heterocycles. The summed E-state index contributed by atoms with van der Waals surface area (Å²) in [4.78, 5) is 11.0. The largest absolute Gasteiger partial charge is 0.375 e. The fourth-order valence-corrected chi connectivity index (χ4v) is 1.24. The highest BCUT2D eigenvalue weighted by Crippen LogP contribution is 2.09. The average molecular weight is 214 g/mol. The van der Waals surface area contributed by atoms with Crippen LogP contribution in [0, 0.1) is 0 Å². The number of hydrogen-bond donors (Lipinski definition) is 1. The maximum absolute atomic E-state index is 11.0. The van der Waals surface area contributed by atoms with Crippen molar-refractivity contribution in [3.8, 4) is 0 Å². The van der Waals surface area contributed by atoms with Gasteiger partial charge in [0, 0.05) is 18.7 Å². The van der Waals surface area contributed by atoms with Crippen LogP contribution in [0.25, 0.3) is 0 Å². The average Bonchev–Trinajstić information content (AvgIpc) is 2.15. The third kappa shape index (κ3) is 3.77. The zero-order chi connectivity index (χ0) is 10.4.